The predicted octanol–water partition coefficient (Wildman–Crippen LogP) is 12.4. The molecule has 3 nitrogen and oxygen atoms in total. The zero-order valence-electron chi connectivity index (χ0n) is 35.3. The van der Waals surface area contributed by atoms with Crippen LogP contribution in [0.1, 0.15) is 149 Å². The van der Waals surface area contributed by atoms with Crippen molar-refractivity contribution in [2.75, 3.05) is 9.80 Å². The first-order valence-corrected chi connectivity index (χ1v) is 21.4. The molecular weight excluding hydrogens is 691 g/mol. The van der Waals surface area contributed by atoms with Crippen molar-refractivity contribution >= 4 is 74.3 Å². The van der Waals surface area contributed by atoms with Crippen molar-refractivity contribution in [1.82, 2.24) is 0 Å². The molecule has 2 unspecified atom stereocenters. The van der Waals surface area contributed by atoms with E-state index in [2.05, 4.69) is 154 Å². The average Bonchev–Trinajstić information content (AvgIpc) is 3.57. The Kier molecular flexibility index (Phi) is 7.06. The number of hydrogen-bond donors (Lipinski definition) is 0. The Bertz CT molecular complexity index is 2480. The molecule has 1 aromatic heterocycles. The van der Waals surface area contributed by atoms with Crippen LogP contribution in [0.2, 0.25) is 5.02 Å². The predicted molar refractivity (Wildman–Crippen MR) is 236 cm³/mol. The van der Waals surface area contributed by atoms with Crippen LogP contribution >= 0.6 is 11.6 Å². The van der Waals surface area contributed by atoms with Crippen molar-refractivity contribution in [3.05, 3.63) is 93.5 Å². The molecule has 284 valence electrons. The van der Waals surface area contributed by atoms with Gasteiger partial charge in [-0.15, -0.1) is 0 Å². The molecule has 2 atom stereocenters. The Labute approximate surface area is 334 Å². The quantitative estimate of drug-likeness (QED) is 0.156. The Hall–Kier alpha value is -3.63. The standard InChI is InChI=1S/C50H58BClN2O/c1-45(2,3)29-15-17-32(18-16-29)53-38-25-31(52)26-39-42(38)51(41-33-27-34-35(28-40(33)55-44(41)53)48(9,10)22-21-47(34,7)8)37-24-30(46(4,5)6)23-36-43(37)54(39)50(12)20-14-13-19-49(36,50)11/h15-18,23-28H,13-14,19-22H2,1-12H3. The van der Waals surface area contributed by atoms with E-state index in [1.165, 1.54) is 93.1 Å². The summed E-state index contributed by atoms with van der Waals surface area (Å²) in [5.41, 5.74) is 17.3. The Balaban J connectivity index is 1.36. The van der Waals surface area contributed by atoms with Gasteiger partial charge in [0.15, 0.2) is 0 Å². The number of anilines is 5. The summed E-state index contributed by atoms with van der Waals surface area (Å²) >= 11 is 7.35. The number of nitrogens with zero attached hydrogens (tertiary/aromatic N) is 2. The highest BCUT2D eigenvalue weighted by Gasteiger charge is 2.62. The summed E-state index contributed by atoms with van der Waals surface area (Å²) in [5, 5.41) is 2.02. The molecule has 55 heavy (non-hydrogen) atoms. The summed E-state index contributed by atoms with van der Waals surface area (Å²) in [6.45, 7) is 28.9. The van der Waals surface area contributed by atoms with Gasteiger partial charge in [0, 0.05) is 44.0 Å². The van der Waals surface area contributed by atoms with Gasteiger partial charge >= 0.3 is 0 Å². The van der Waals surface area contributed by atoms with Crippen molar-refractivity contribution in [3.63, 3.8) is 0 Å². The molecule has 2 aliphatic carbocycles. The van der Waals surface area contributed by atoms with Crippen molar-refractivity contribution in [1.29, 1.82) is 0 Å². The molecule has 10 rings (SSSR count). The Morgan fingerprint density at radius 2 is 1.27 bits per heavy atom. The van der Waals surface area contributed by atoms with Gasteiger partial charge in [-0.3, -0.25) is 4.90 Å². The van der Waals surface area contributed by atoms with Gasteiger partial charge in [-0.2, -0.15) is 0 Å². The lowest BCUT2D eigenvalue weighted by atomic mass is 9.33. The molecule has 0 saturated heterocycles. The van der Waals surface area contributed by atoms with Gasteiger partial charge in [-0.1, -0.05) is 125 Å². The minimum absolute atomic E-state index is 0.000955. The molecule has 0 amide bonds. The molecule has 5 heteroatoms. The van der Waals surface area contributed by atoms with Crippen LogP contribution in [0.4, 0.5) is 28.6 Å². The third kappa shape index (κ3) is 4.64. The van der Waals surface area contributed by atoms with E-state index in [0.29, 0.717) is 0 Å². The fraction of sp³-hybridized carbons (Fsp3) is 0.480. The first-order valence-electron chi connectivity index (χ1n) is 21.0. The fourth-order valence-corrected chi connectivity index (χ4v) is 11.9. The molecule has 0 spiro atoms. The smallest absolute Gasteiger partial charge is 0.257 e. The summed E-state index contributed by atoms with van der Waals surface area (Å²) < 4.78 is 7.36. The molecule has 0 radical (unpaired) electrons. The number of fused-ring (bicyclic) bond motifs is 10. The van der Waals surface area contributed by atoms with E-state index in [1.54, 1.807) is 0 Å². The molecule has 1 fully saturated rings. The van der Waals surface area contributed by atoms with E-state index in [4.69, 9.17) is 16.0 Å². The molecule has 5 aliphatic rings. The summed E-state index contributed by atoms with van der Waals surface area (Å²) in [7, 11) is 0. The zero-order chi connectivity index (χ0) is 39.0. The second-order valence-corrected chi connectivity index (χ2v) is 22.2. The third-order valence-electron chi connectivity index (χ3n) is 15.4. The lowest BCUT2D eigenvalue weighted by Crippen LogP contribution is -2.64. The summed E-state index contributed by atoms with van der Waals surface area (Å²) in [6.07, 6.45) is 7.19. The van der Waals surface area contributed by atoms with Crippen LogP contribution in [0.3, 0.4) is 0 Å². The van der Waals surface area contributed by atoms with Gasteiger partial charge in [0.25, 0.3) is 6.71 Å². The topological polar surface area (TPSA) is 19.6 Å². The van der Waals surface area contributed by atoms with Gasteiger partial charge in [-0.05, 0) is 129 Å². The molecule has 1 saturated carbocycles. The van der Waals surface area contributed by atoms with Crippen molar-refractivity contribution in [3.8, 4) is 0 Å². The van der Waals surface area contributed by atoms with E-state index in [-0.39, 0.29) is 39.3 Å². The Morgan fingerprint density at radius 3 is 1.93 bits per heavy atom. The van der Waals surface area contributed by atoms with Crippen LogP contribution in [0.5, 0.6) is 0 Å². The van der Waals surface area contributed by atoms with Crippen LogP contribution in [-0.2, 0) is 27.1 Å². The first kappa shape index (κ1) is 35.8. The number of halogens is 1. The van der Waals surface area contributed by atoms with Gasteiger partial charge in [0.05, 0.1) is 5.54 Å². The van der Waals surface area contributed by atoms with Crippen molar-refractivity contribution in [2.24, 2.45) is 0 Å². The minimum atomic E-state index is -0.0745. The van der Waals surface area contributed by atoms with Crippen LogP contribution < -0.4 is 26.2 Å². The van der Waals surface area contributed by atoms with Crippen LogP contribution in [0.25, 0.3) is 11.0 Å². The highest BCUT2D eigenvalue weighted by atomic mass is 35.5. The SMILES string of the molecule is CC(C)(C)c1ccc(N2c3cc(Cl)cc4c3B(c3cc(C(C)(C)C)cc5c3N4C3(C)CCCCC53C)c3c2oc2cc4c(cc32)C(C)(C)CCC4(C)C)cc1. The average molecular weight is 749 g/mol. The maximum Gasteiger partial charge on any atom is 0.257 e. The molecule has 3 aliphatic heterocycles. The third-order valence-corrected chi connectivity index (χ3v) is 15.7. The molecule has 4 aromatic carbocycles. The van der Waals surface area contributed by atoms with E-state index >= 15 is 0 Å². The molecule has 0 bridgehead atoms. The number of benzene rings is 4. The first-order chi connectivity index (χ1) is 25.7. The van der Waals surface area contributed by atoms with Gasteiger partial charge < -0.3 is 9.32 Å². The van der Waals surface area contributed by atoms with E-state index in [0.717, 1.165) is 34.3 Å². The van der Waals surface area contributed by atoms with Gasteiger partial charge in [0.2, 0.25) is 5.88 Å². The number of hydrogen-bond acceptors (Lipinski definition) is 3. The number of rotatable bonds is 1. The summed E-state index contributed by atoms with van der Waals surface area (Å²) in [6, 6.07) is 23.9. The monoisotopic (exact) mass is 748 g/mol. The van der Waals surface area contributed by atoms with Gasteiger partial charge in [0.1, 0.15) is 5.58 Å². The zero-order valence-corrected chi connectivity index (χ0v) is 36.0. The molecule has 4 heterocycles. The van der Waals surface area contributed by atoms with Gasteiger partial charge in [-0.25, -0.2) is 0 Å². The van der Waals surface area contributed by atoms with E-state index in [1.807, 2.05) is 0 Å². The summed E-state index contributed by atoms with van der Waals surface area (Å²) in [4.78, 5) is 5.20. The fourth-order valence-electron chi connectivity index (χ4n) is 11.7. The number of furan rings is 1. The highest BCUT2D eigenvalue weighted by Crippen LogP contribution is 2.62. The van der Waals surface area contributed by atoms with E-state index < -0.39 is 0 Å². The lowest BCUT2D eigenvalue weighted by Gasteiger charge is -2.52. The van der Waals surface area contributed by atoms with E-state index in [9.17, 15) is 0 Å². The maximum absolute atomic E-state index is 7.36. The highest BCUT2D eigenvalue weighted by molar-refractivity contribution is 7.01. The second-order valence-electron chi connectivity index (χ2n) is 21.8. The van der Waals surface area contributed by atoms with Crippen molar-refractivity contribution in [2.45, 2.75) is 154 Å². The van der Waals surface area contributed by atoms with Crippen LogP contribution in [0, 0.1) is 0 Å². The maximum atomic E-state index is 7.36. The molecule has 5 aromatic rings. The van der Waals surface area contributed by atoms with Crippen LogP contribution in [-0.4, -0.2) is 12.3 Å². The van der Waals surface area contributed by atoms with Crippen molar-refractivity contribution < 1.29 is 4.42 Å². The largest absolute Gasteiger partial charge is 0.440 e. The molecular formula is C50H58BClN2O. The normalized spacial score (nSPS) is 24.3. The Morgan fingerprint density at radius 1 is 0.655 bits per heavy atom. The second kappa shape index (κ2) is 10.9. The molecule has 0 N–H and O–H groups in total. The summed E-state index contributed by atoms with van der Waals surface area (Å²) in [5.74, 6) is 0.929. The van der Waals surface area contributed by atoms with Crippen LogP contribution in [0.15, 0.2) is 65.1 Å². The lowest BCUT2D eigenvalue weighted by molar-refractivity contribution is 0.195. The minimum Gasteiger partial charge on any atom is -0.440 e.